The van der Waals surface area contributed by atoms with Crippen LogP contribution in [0.2, 0.25) is 15.1 Å². The SMILES string of the molecule is O=C(CO/N=C\c1ccc(Cl)cc1Cl)NNC(=O)c1ccc(Cl)cc1. The fourth-order valence-corrected chi connectivity index (χ4v) is 2.22. The van der Waals surface area contributed by atoms with Crippen LogP contribution in [0, 0.1) is 0 Å². The molecule has 0 unspecified atom stereocenters. The molecular weight excluding hydrogens is 389 g/mol. The van der Waals surface area contributed by atoms with Crippen LogP contribution in [0.15, 0.2) is 47.6 Å². The van der Waals surface area contributed by atoms with Gasteiger partial charge in [-0.25, -0.2) is 0 Å². The van der Waals surface area contributed by atoms with Gasteiger partial charge < -0.3 is 4.84 Å². The van der Waals surface area contributed by atoms with Crippen molar-refractivity contribution >= 4 is 52.8 Å². The van der Waals surface area contributed by atoms with Gasteiger partial charge in [-0.1, -0.05) is 46.0 Å². The molecule has 0 aliphatic rings. The van der Waals surface area contributed by atoms with Crippen LogP contribution >= 0.6 is 34.8 Å². The molecule has 6 nitrogen and oxygen atoms in total. The molecule has 2 aromatic rings. The number of oxime groups is 1. The maximum Gasteiger partial charge on any atom is 0.279 e. The molecule has 0 saturated carbocycles. The van der Waals surface area contributed by atoms with Gasteiger partial charge >= 0.3 is 0 Å². The highest BCUT2D eigenvalue weighted by Gasteiger charge is 2.07. The molecule has 0 spiro atoms. The molecule has 25 heavy (non-hydrogen) atoms. The van der Waals surface area contributed by atoms with Crippen molar-refractivity contribution in [2.24, 2.45) is 5.16 Å². The third kappa shape index (κ3) is 6.26. The van der Waals surface area contributed by atoms with Crippen LogP contribution in [0.1, 0.15) is 15.9 Å². The maximum absolute atomic E-state index is 11.8. The summed E-state index contributed by atoms with van der Waals surface area (Å²) in [6.45, 7) is -0.386. The van der Waals surface area contributed by atoms with Gasteiger partial charge in [0.15, 0.2) is 6.61 Å². The minimum Gasteiger partial charge on any atom is -0.386 e. The first-order valence-corrected chi connectivity index (χ1v) is 8.04. The monoisotopic (exact) mass is 399 g/mol. The third-order valence-electron chi connectivity index (χ3n) is 2.85. The van der Waals surface area contributed by atoms with Gasteiger partial charge in [0, 0.05) is 21.2 Å². The van der Waals surface area contributed by atoms with Gasteiger partial charge in [-0.15, -0.1) is 0 Å². The van der Waals surface area contributed by atoms with Crippen molar-refractivity contribution in [2.45, 2.75) is 0 Å². The zero-order valence-corrected chi connectivity index (χ0v) is 14.9. The van der Waals surface area contributed by atoms with E-state index >= 15 is 0 Å². The molecule has 0 fully saturated rings. The topological polar surface area (TPSA) is 79.8 Å². The van der Waals surface area contributed by atoms with Crippen molar-refractivity contribution in [1.82, 2.24) is 10.9 Å². The van der Waals surface area contributed by atoms with E-state index in [2.05, 4.69) is 16.0 Å². The predicted molar refractivity (Wildman–Crippen MR) is 97.1 cm³/mol. The van der Waals surface area contributed by atoms with E-state index < -0.39 is 11.8 Å². The minimum absolute atomic E-state index is 0.348. The smallest absolute Gasteiger partial charge is 0.279 e. The second kappa shape index (κ2) is 9.27. The number of carbonyl (C=O) groups excluding carboxylic acids is 2. The van der Waals surface area contributed by atoms with Crippen molar-refractivity contribution in [3.8, 4) is 0 Å². The normalized spacial score (nSPS) is 10.5. The third-order valence-corrected chi connectivity index (χ3v) is 3.66. The van der Waals surface area contributed by atoms with Gasteiger partial charge in [0.2, 0.25) is 0 Å². The number of rotatable bonds is 5. The second-order valence-corrected chi connectivity index (χ2v) is 5.96. The summed E-state index contributed by atoms with van der Waals surface area (Å²) in [6, 6.07) is 11.1. The van der Waals surface area contributed by atoms with Crippen LogP contribution in [0.4, 0.5) is 0 Å². The van der Waals surface area contributed by atoms with Crippen molar-refractivity contribution in [1.29, 1.82) is 0 Å². The predicted octanol–water partition coefficient (Wildman–Crippen LogP) is 3.46. The summed E-state index contributed by atoms with van der Waals surface area (Å²) < 4.78 is 0. The van der Waals surface area contributed by atoms with Crippen LogP contribution in [0.25, 0.3) is 0 Å². The molecule has 0 aliphatic heterocycles. The number of benzene rings is 2. The Bertz CT molecular complexity index is 795. The minimum atomic E-state index is -0.582. The second-order valence-electron chi connectivity index (χ2n) is 4.68. The largest absolute Gasteiger partial charge is 0.386 e. The molecule has 0 aromatic heterocycles. The molecule has 2 aromatic carbocycles. The highest BCUT2D eigenvalue weighted by molar-refractivity contribution is 6.36. The molecule has 0 heterocycles. The molecule has 0 bridgehead atoms. The zero-order valence-electron chi connectivity index (χ0n) is 12.6. The van der Waals surface area contributed by atoms with E-state index in [9.17, 15) is 9.59 Å². The maximum atomic E-state index is 11.8. The van der Waals surface area contributed by atoms with Crippen molar-refractivity contribution < 1.29 is 14.4 Å². The first-order chi connectivity index (χ1) is 12.0. The molecule has 0 radical (unpaired) electrons. The molecule has 2 rings (SSSR count). The molecule has 0 aliphatic carbocycles. The van der Waals surface area contributed by atoms with E-state index in [4.69, 9.17) is 39.6 Å². The van der Waals surface area contributed by atoms with Crippen LogP contribution < -0.4 is 10.9 Å². The highest BCUT2D eigenvalue weighted by atomic mass is 35.5. The average Bonchev–Trinajstić information content (AvgIpc) is 2.58. The Balaban J connectivity index is 1.74. The molecule has 0 saturated heterocycles. The lowest BCUT2D eigenvalue weighted by atomic mass is 10.2. The Labute approximate surface area is 158 Å². The lowest BCUT2D eigenvalue weighted by Gasteiger charge is -2.06. The Kier molecular flexibility index (Phi) is 7.06. The Hall–Kier alpha value is -2.28. The van der Waals surface area contributed by atoms with E-state index in [-0.39, 0.29) is 6.61 Å². The van der Waals surface area contributed by atoms with Crippen LogP contribution in [0.3, 0.4) is 0 Å². The molecule has 2 N–H and O–H groups in total. The molecule has 2 amide bonds. The average molecular weight is 401 g/mol. The Morgan fingerprint density at radius 2 is 1.68 bits per heavy atom. The van der Waals surface area contributed by atoms with Gasteiger partial charge in [0.05, 0.1) is 11.2 Å². The molecule has 130 valence electrons. The van der Waals surface area contributed by atoms with Crippen molar-refractivity contribution in [3.63, 3.8) is 0 Å². The first kappa shape index (κ1) is 19.1. The van der Waals surface area contributed by atoms with Crippen LogP contribution in [-0.2, 0) is 9.63 Å². The summed E-state index contributed by atoms with van der Waals surface area (Å²) in [6.07, 6.45) is 1.35. The van der Waals surface area contributed by atoms with E-state index in [1.54, 1.807) is 30.3 Å². The number of hydrazine groups is 1. The number of halogens is 3. The van der Waals surface area contributed by atoms with Gasteiger partial charge in [0.25, 0.3) is 11.8 Å². The number of amides is 2. The summed E-state index contributed by atoms with van der Waals surface area (Å²) in [5.74, 6) is -1.07. The zero-order chi connectivity index (χ0) is 18.2. The Morgan fingerprint density at radius 1 is 1.00 bits per heavy atom. The number of nitrogens with one attached hydrogen (secondary N) is 2. The fraction of sp³-hybridized carbons (Fsp3) is 0.0625. The van der Waals surface area contributed by atoms with E-state index in [0.717, 1.165) is 0 Å². The standard InChI is InChI=1S/C16H12Cl3N3O3/c17-12-4-1-10(2-5-12)16(24)22-21-15(23)9-25-20-8-11-3-6-13(18)7-14(11)19/h1-8H,9H2,(H,21,23)(H,22,24)/b20-8-. The van der Waals surface area contributed by atoms with Crippen molar-refractivity contribution in [2.75, 3.05) is 6.61 Å². The van der Waals surface area contributed by atoms with Gasteiger partial charge in [-0.05, 0) is 36.4 Å². The summed E-state index contributed by atoms with van der Waals surface area (Å²) in [7, 11) is 0. The fourth-order valence-electron chi connectivity index (χ4n) is 1.63. The molecule has 0 atom stereocenters. The number of hydrogen-bond donors (Lipinski definition) is 2. The molecular formula is C16H12Cl3N3O3. The van der Waals surface area contributed by atoms with Crippen LogP contribution in [-0.4, -0.2) is 24.6 Å². The lowest BCUT2D eigenvalue weighted by molar-refractivity contribution is -0.126. The highest BCUT2D eigenvalue weighted by Crippen LogP contribution is 2.19. The summed E-state index contributed by atoms with van der Waals surface area (Å²) >= 11 is 17.5. The number of hydrogen-bond acceptors (Lipinski definition) is 4. The van der Waals surface area contributed by atoms with E-state index in [1.807, 2.05) is 0 Å². The van der Waals surface area contributed by atoms with E-state index in [0.29, 0.717) is 26.2 Å². The molecule has 9 heteroatoms. The van der Waals surface area contributed by atoms with Crippen molar-refractivity contribution in [3.05, 3.63) is 68.7 Å². The first-order valence-electron chi connectivity index (χ1n) is 6.91. The van der Waals surface area contributed by atoms with Gasteiger partial charge in [0.1, 0.15) is 0 Å². The summed E-state index contributed by atoms with van der Waals surface area (Å²) in [5, 5.41) is 5.03. The van der Waals surface area contributed by atoms with Gasteiger partial charge in [-0.2, -0.15) is 0 Å². The summed E-state index contributed by atoms with van der Waals surface area (Å²) in [5.41, 5.74) is 5.38. The lowest BCUT2D eigenvalue weighted by Crippen LogP contribution is -2.43. The van der Waals surface area contributed by atoms with Crippen LogP contribution in [0.5, 0.6) is 0 Å². The quantitative estimate of drug-likeness (QED) is 0.596. The summed E-state index contributed by atoms with van der Waals surface area (Å²) in [4.78, 5) is 28.2. The number of carbonyl (C=O) groups is 2. The number of nitrogens with zero attached hydrogens (tertiary/aromatic N) is 1. The Morgan fingerprint density at radius 3 is 2.36 bits per heavy atom. The van der Waals surface area contributed by atoms with E-state index in [1.165, 1.54) is 18.3 Å². The van der Waals surface area contributed by atoms with Gasteiger partial charge in [-0.3, -0.25) is 20.4 Å².